The van der Waals surface area contributed by atoms with Gasteiger partial charge in [-0.15, -0.1) is 0 Å². The highest BCUT2D eigenvalue weighted by Crippen LogP contribution is 2.29. The summed E-state index contributed by atoms with van der Waals surface area (Å²) in [7, 11) is 2.88. The Bertz CT molecular complexity index is 1150. The third kappa shape index (κ3) is 5.14. The lowest BCUT2D eigenvalue weighted by atomic mass is 10.1. The molecule has 0 heterocycles. The molecule has 0 saturated heterocycles. The van der Waals surface area contributed by atoms with Crippen LogP contribution in [0.25, 0.3) is 6.08 Å². The number of hydrogen-bond donors (Lipinski definition) is 0. The van der Waals surface area contributed by atoms with Crippen LogP contribution in [0, 0.1) is 11.6 Å². The molecule has 158 valence electrons. The average Bonchev–Trinajstić information content (AvgIpc) is 2.78. The van der Waals surface area contributed by atoms with Crippen LogP contribution in [0.1, 0.15) is 26.3 Å². The number of halogens is 2. The van der Waals surface area contributed by atoms with Gasteiger partial charge in [0.25, 0.3) is 0 Å². The van der Waals surface area contributed by atoms with Crippen LogP contribution in [-0.4, -0.2) is 26.0 Å². The largest absolute Gasteiger partial charge is 0.493 e. The number of benzene rings is 3. The molecule has 0 unspecified atom stereocenters. The van der Waals surface area contributed by atoms with Crippen LogP contribution in [0.4, 0.5) is 8.78 Å². The number of allylic oxidation sites excluding steroid dienone is 1. The number of carbonyl (C=O) groups excluding carboxylic acids is 2. The molecule has 3 rings (SSSR count). The van der Waals surface area contributed by atoms with Crippen LogP contribution in [-0.2, 0) is 0 Å². The molecule has 5 nitrogen and oxygen atoms in total. The van der Waals surface area contributed by atoms with E-state index in [1.165, 1.54) is 62.8 Å². The number of hydrogen-bond acceptors (Lipinski definition) is 5. The van der Waals surface area contributed by atoms with Gasteiger partial charge in [0, 0.05) is 5.56 Å². The van der Waals surface area contributed by atoms with Gasteiger partial charge < -0.3 is 14.2 Å². The van der Waals surface area contributed by atoms with E-state index in [0.717, 1.165) is 18.2 Å². The SMILES string of the molecule is COc1ccc(C(=O)Oc2ccc(F)cc2C(=O)/C=C/c2ccccc2F)cc1OC. The minimum atomic E-state index is -0.778. The van der Waals surface area contributed by atoms with Crippen molar-refractivity contribution in [3.05, 3.63) is 95.1 Å². The minimum absolute atomic E-state index is 0.135. The molecule has 31 heavy (non-hydrogen) atoms. The number of rotatable bonds is 7. The first kappa shape index (κ1) is 21.7. The molecular formula is C24H18F2O5. The molecule has 0 spiro atoms. The van der Waals surface area contributed by atoms with Gasteiger partial charge in [0.15, 0.2) is 17.3 Å². The molecule has 0 aliphatic heterocycles. The van der Waals surface area contributed by atoms with Crippen LogP contribution in [0.2, 0.25) is 0 Å². The van der Waals surface area contributed by atoms with Crippen LogP contribution >= 0.6 is 0 Å². The van der Waals surface area contributed by atoms with E-state index in [9.17, 15) is 18.4 Å². The Kier molecular flexibility index (Phi) is 6.77. The van der Waals surface area contributed by atoms with Crippen molar-refractivity contribution in [2.24, 2.45) is 0 Å². The molecular weight excluding hydrogens is 406 g/mol. The highest BCUT2D eigenvalue weighted by molar-refractivity contribution is 6.09. The smallest absolute Gasteiger partial charge is 0.343 e. The summed E-state index contributed by atoms with van der Waals surface area (Å²) < 4.78 is 43.1. The highest BCUT2D eigenvalue weighted by Gasteiger charge is 2.18. The van der Waals surface area contributed by atoms with E-state index < -0.39 is 23.4 Å². The number of carbonyl (C=O) groups is 2. The molecule has 3 aromatic rings. The van der Waals surface area contributed by atoms with Crippen LogP contribution in [0.3, 0.4) is 0 Å². The van der Waals surface area contributed by atoms with Crippen LogP contribution in [0.5, 0.6) is 17.2 Å². The standard InChI is InChI=1S/C24H18F2O5/c1-29-22-11-8-16(13-23(22)30-2)24(28)31-21-12-9-17(25)14-18(21)20(27)10-7-15-5-3-4-6-19(15)26/h3-14H,1-2H3/b10-7+. The van der Waals surface area contributed by atoms with E-state index in [0.29, 0.717) is 11.5 Å². The first-order valence-corrected chi connectivity index (χ1v) is 9.13. The summed E-state index contributed by atoms with van der Waals surface area (Å²) in [6.45, 7) is 0. The van der Waals surface area contributed by atoms with Crippen molar-refractivity contribution in [1.29, 1.82) is 0 Å². The Morgan fingerprint density at radius 1 is 0.839 bits per heavy atom. The van der Waals surface area contributed by atoms with E-state index in [1.807, 2.05) is 0 Å². The third-order valence-corrected chi connectivity index (χ3v) is 4.35. The van der Waals surface area contributed by atoms with Gasteiger partial charge >= 0.3 is 5.97 Å². The Morgan fingerprint density at radius 3 is 2.26 bits per heavy atom. The molecule has 0 radical (unpaired) electrons. The molecule has 0 aromatic heterocycles. The molecule has 0 fully saturated rings. The third-order valence-electron chi connectivity index (χ3n) is 4.35. The Morgan fingerprint density at radius 2 is 1.55 bits per heavy atom. The van der Waals surface area contributed by atoms with Gasteiger partial charge in [-0.05, 0) is 54.6 Å². The maximum absolute atomic E-state index is 13.8. The van der Waals surface area contributed by atoms with Gasteiger partial charge in [-0.3, -0.25) is 4.79 Å². The molecule has 3 aromatic carbocycles. The van der Waals surface area contributed by atoms with Crippen molar-refractivity contribution in [2.45, 2.75) is 0 Å². The van der Waals surface area contributed by atoms with Gasteiger partial charge in [0.1, 0.15) is 17.4 Å². The number of ether oxygens (including phenoxy) is 3. The van der Waals surface area contributed by atoms with Gasteiger partial charge in [-0.25, -0.2) is 13.6 Å². The molecule has 0 aliphatic carbocycles. The van der Waals surface area contributed by atoms with E-state index in [-0.39, 0.29) is 22.4 Å². The Balaban J connectivity index is 1.87. The normalized spacial score (nSPS) is 10.7. The van der Waals surface area contributed by atoms with Crippen molar-refractivity contribution in [3.63, 3.8) is 0 Å². The quantitative estimate of drug-likeness (QED) is 0.229. The summed E-state index contributed by atoms with van der Waals surface area (Å²) in [5.41, 5.74) is 0.153. The lowest BCUT2D eigenvalue weighted by molar-refractivity contribution is 0.0732. The van der Waals surface area contributed by atoms with E-state index >= 15 is 0 Å². The molecule has 7 heteroatoms. The van der Waals surface area contributed by atoms with E-state index in [1.54, 1.807) is 6.07 Å². The van der Waals surface area contributed by atoms with Gasteiger partial charge in [-0.1, -0.05) is 18.2 Å². The summed E-state index contributed by atoms with van der Waals surface area (Å²) in [4.78, 5) is 25.2. The molecule has 0 amide bonds. The van der Waals surface area contributed by atoms with Crippen molar-refractivity contribution in [3.8, 4) is 17.2 Å². The zero-order valence-corrected chi connectivity index (χ0v) is 16.7. The summed E-state index contributed by atoms with van der Waals surface area (Å²) >= 11 is 0. The van der Waals surface area contributed by atoms with Gasteiger partial charge in [0.2, 0.25) is 0 Å². The van der Waals surface area contributed by atoms with Crippen molar-refractivity contribution in [2.75, 3.05) is 14.2 Å². The van der Waals surface area contributed by atoms with Crippen molar-refractivity contribution in [1.82, 2.24) is 0 Å². The fraction of sp³-hybridized carbons (Fsp3) is 0.0833. The number of methoxy groups -OCH3 is 2. The monoisotopic (exact) mass is 424 g/mol. The Labute approximate surface area is 177 Å². The first-order valence-electron chi connectivity index (χ1n) is 9.13. The van der Waals surface area contributed by atoms with Crippen molar-refractivity contribution < 1.29 is 32.6 Å². The number of esters is 1. The predicted octanol–water partition coefficient (Wildman–Crippen LogP) is 5.10. The lowest BCUT2D eigenvalue weighted by Crippen LogP contribution is -2.12. The zero-order valence-electron chi connectivity index (χ0n) is 16.7. The predicted molar refractivity (Wildman–Crippen MR) is 111 cm³/mol. The summed E-state index contributed by atoms with van der Waals surface area (Å²) in [5.74, 6) is -2.02. The Hall–Kier alpha value is -4.00. The molecule has 0 bridgehead atoms. The fourth-order valence-corrected chi connectivity index (χ4v) is 2.77. The molecule has 0 aliphatic rings. The number of ketones is 1. The van der Waals surface area contributed by atoms with Gasteiger partial charge in [-0.2, -0.15) is 0 Å². The topological polar surface area (TPSA) is 61.8 Å². The van der Waals surface area contributed by atoms with Crippen LogP contribution < -0.4 is 14.2 Å². The fourth-order valence-electron chi connectivity index (χ4n) is 2.77. The second-order valence-electron chi connectivity index (χ2n) is 6.32. The van der Waals surface area contributed by atoms with E-state index in [4.69, 9.17) is 14.2 Å². The maximum atomic E-state index is 13.8. The maximum Gasteiger partial charge on any atom is 0.343 e. The first-order chi connectivity index (χ1) is 14.9. The van der Waals surface area contributed by atoms with E-state index in [2.05, 4.69) is 0 Å². The second-order valence-corrected chi connectivity index (χ2v) is 6.32. The molecule has 0 N–H and O–H groups in total. The lowest BCUT2D eigenvalue weighted by Gasteiger charge is -2.11. The summed E-state index contributed by atoms with van der Waals surface area (Å²) in [5, 5.41) is 0. The average molecular weight is 424 g/mol. The highest BCUT2D eigenvalue weighted by atomic mass is 19.1. The zero-order chi connectivity index (χ0) is 22.4. The summed E-state index contributed by atoms with van der Waals surface area (Å²) in [6.07, 6.45) is 2.35. The van der Waals surface area contributed by atoms with Crippen molar-refractivity contribution >= 4 is 17.8 Å². The van der Waals surface area contributed by atoms with Crippen LogP contribution in [0.15, 0.2) is 66.7 Å². The molecule has 0 atom stereocenters. The van der Waals surface area contributed by atoms with Gasteiger partial charge in [0.05, 0.1) is 25.3 Å². The molecule has 0 saturated carbocycles. The minimum Gasteiger partial charge on any atom is -0.493 e. The second kappa shape index (κ2) is 9.67. The summed E-state index contributed by atoms with van der Waals surface area (Å²) in [6, 6.07) is 13.5.